The lowest BCUT2D eigenvalue weighted by Gasteiger charge is -2.07. The third-order valence-electron chi connectivity index (χ3n) is 2.46. The van der Waals surface area contributed by atoms with Gasteiger partial charge >= 0.3 is 5.97 Å². The van der Waals surface area contributed by atoms with E-state index in [1.165, 1.54) is 6.07 Å². The van der Waals surface area contributed by atoms with Crippen LogP contribution >= 0.6 is 0 Å². The maximum absolute atomic E-state index is 11.1. The molecule has 0 aliphatic rings. The lowest BCUT2D eigenvalue weighted by molar-refractivity contribution is 0.0697. The first-order chi connectivity index (χ1) is 8.72. The summed E-state index contributed by atoms with van der Waals surface area (Å²) in [4.78, 5) is 15.3. The fourth-order valence-electron chi connectivity index (χ4n) is 1.71. The molecule has 0 aliphatic carbocycles. The zero-order valence-electron chi connectivity index (χ0n) is 9.96. The fourth-order valence-corrected chi connectivity index (χ4v) is 1.71. The SMILES string of the molecule is CCOc1cccc(-c2ncccc2C(=O)O)c1. The summed E-state index contributed by atoms with van der Waals surface area (Å²) in [5, 5.41) is 9.13. The van der Waals surface area contributed by atoms with Gasteiger partial charge in [-0.15, -0.1) is 0 Å². The van der Waals surface area contributed by atoms with E-state index in [9.17, 15) is 4.79 Å². The number of rotatable bonds is 4. The van der Waals surface area contributed by atoms with Crippen molar-refractivity contribution in [1.82, 2.24) is 4.98 Å². The van der Waals surface area contributed by atoms with Gasteiger partial charge in [0.05, 0.1) is 17.9 Å². The van der Waals surface area contributed by atoms with Crippen molar-refractivity contribution in [2.75, 3.05) is 6.61 Å². The summed E-state index contributed by atoms with van der Waals surface area (Å²) in [6.07, 6.45) is 1.58. The number of carboxylic acids is 1. The minimum absolute atomic E-state index is 0.186. The van der Waals surface area contributed by atoms with Gasteiger partial charge in [0, 0.05) is 11.8 Å². The van der Waals surface area contributed by atoms with E-state index < -0.39 is 5.97 Å². The first-order valence-corrected chi connectivity index (χ1v) is 5.64. The topological polar surface area (TPSA) is 59.4 Å². The standard InChI is InChI=1S/C14H13NO3/c1-2-18-11-6-3-5-10(9-11)13-12(14(16)17)7-4-8-15-13/h3-9H,2H2,1H3,(H,16,17). The van der Waals surface area contributed by atoms with Gasteiger partial charge in [-0.25, -0.2) is 4.79 Å². The number of hydrogen-bond donors (Lipinski definition) is 1. The minimum Gasteiger partial charge on any atom is -0.494 e. The lowest BCUT2D eigenvalue weighted by atomic mass is 10.1. The van der Waals surface area contributed by atoms with E-state index in [-0.39, 0.29) is 5.56 Å². The van der Waals surface area contributed by atoms with Gasteiger partial charge in [-0.2, -0.15) is 0 Å². The molecular weight excluding hydrogens is 230 g/mol. The Morgan fingerprint density at radius 1 is 1.33 bits per heavy atom. The Kier molecular flexibility index (Phi) is 3.57. The van der Waals surface area contributed by atoms with Crippen LogP contribution in [-0.2, 0) is 0 Å². The molecule has 0 saturated heterocycles. The molecule has 4 nitrogen and oxygen atoms in total. The van der Waals surface area contributed by atoms with Crippen LogP contribution in [0.25, 0.3) is 11.3 Å². The number of pyridine rings is 1. The van der Waals surface area contributed by atoms with E-state index >= 15 is 0 Å². The molecule has 92 valence electrons. The maximum atomic E-state index is 11.1. The summed E-state index contributed by atoms with van der Waals surface area (Å²) in [7, 11) is 0. The van der Waals surface area contributed by atoms with Gasteiger partial charge in [0.2, 0.25) is 0 Å². The van der Waals surface area contributed by atoms with Crippen LogP contribution in [0.3, 0.4) is 0 Å². The number of nitrogens with zero attached hydrogens (tertiary/aromatic N) is 1. The second-order valence-corrected chi connectivity index (χ2v) is 3.67. The van der Waals surface area contributed by atoms with E-state index in [1.807, 2.05) is 25.1 Å². The lowest BCUT2D eigenvalue weighted by Crippen LogP contribution is -2.01. The first kappa shape index (κ1) is 12.1. The number of carboxylic acid groups (broad SMARTS) is 1. The highest BCUT2D eigenvalue weighted by atomic mass is 16.5. The van der Waals surface area contributed by atoms with E-state index in [4.69, 9.17) is 9.84 Å². The Morgan fingerprint density at radius 3 is 2.89 bits per heavy atom. The van der Waals surface area contributed by atoms with E-state index in [2.05, 4.69) is 4.98 Å². The third kappa shape index (κ3) is 2.48. The number of ether oxygens (including phenoxy) is 1. The fraction of sp³-hybridized carbons (Fsp3) is 0.143. The van der Waals surface area contributed by atoms with Crippen molar-refractivity contribution >= 4 is 5.97 Å². The van der Waals surface area contributed by atoms with Crippen molar-refractivity contribution in [2.45, 2.75) is 6.92 Å². The normalized spacial score (nSPS) is 10.1. The van der Waals surface area contributed by atoms with Crippen molar-refractivity contribution < 1.29 is 14.6 Å². The molecule has 0 fully saturated rings. The van der Waals surface area contributed by atoms with E-state index in [0.29, 0.717) is 18.1 Å². The van der Waals surface area contributed by atoms with Gasteiger partial charge in [0.25, 0.3) is 0 Å². The van der Waals surface area contributed by atoms with Crippen molar-refractivity contribution in [3.63, 3.8) is 0 Å². The van der Waals surface area contributed by atoms with Gasteiger partial charge in [-0.1, -0.05) is 12.1 Å². The molecule has 0 atom stereocenters. The highest BCUT2D eigenvalue weighted by Gasteiger charge is 2.12. The molecule has 1 heterocycles. The molecular formula is C14H13NO3. The molecule has 2 aromatic rings. The Balaban J connectivity index is 2.48. The van der Waals surface area contributed by atoms with Gasteiger partial charge in [-0.3, -0.25) is 4.98 Å². The first-order valence-electron chi connectivity index (χ1n) is 5.64. The van der Waals surface area contributed by atoms with Gasteiger partial charge in [-0.05, 0) is 31.2 Å². The van der Waals surface area contributed by atoms with Crippen LogP contribution in [0, 0.1) is 0 Å². The van der Waals surface area contributed by atoms with Crippen LogP contribution in [0.15, 0.2) is 42.6 Å². The molecule has 0 unspecified atom stereocenters. The molecule has 0 aliphatic heterocycles. The van der Waals surface area contributed by atoms with Crippen LogP contribution < -0.4 is 4.74 Å². The monoisotopic (exact) mass is 243 g/mol. The average Bonchev–Trinajstić information content (AvgIpc) is 2.39. The highest BCUT2D eigenvalue weighted by Crippen LogP contribution is 2.25. The molecule has 2 rings (SSSR count). The predicted molar refractivity (Wildman–Crippen MR) is 67.8 cm³/mol. The molecule has 0 saturated carbocycles. The molecule has 0 radical (unpaired) electrons. The Bertz CT molecular complexity index is 566. The van der Waals surface area contributed by atoms with Crippen molar-refractivity contribution in [2.24, 2.45) is 0 Å². The zero-order valence-corrected chi connectivity index (χ0v) is 9.96. The number of aromatic nitrogens is 1. The van der Waals surface area contributed by atoms with Crippen LogP contribution in [0.2, 0.25) is 0 Å². The molecule has 4 heteroatoms. The smallest absolute Gasteiger partial charge is 0.337 e. The molecule has 1 N–H and O–H groups in total. The van der Waals surface area contributed by atoms with Gasteiger partial charge in [0.1, 0.15) is 5.75 Å². The predicted octanol–water partition coefficient (Wildman–Crippen LogP) is 2.85. The average molecular weight is 243 g/mol. The van der Waals surface area contributed by atoms with Gasteiger partial charge < -0.3 is 9.84 Å². The van der Waals surface area contributed by atoms with Crippen LogP contribution in [0.1, 0.15) is 17.3 Å². The highest BCUT2D eigenvalue weighted by molar-refractivity contribution is 5.94. The Morgan fingerprint density at radius 2 is 2.17 bits per heavy atom. The van der Waals surface area contributed by atoms with Crippen LogP contribution in [0.5, 0.6) is 5.75 Å². The van der Waals surface area contributed by atoms with Crippen LogP contribution in [-0.4, -0.2) is 22.7 Å². The van der Waals surface area contributed by atoms with Crippen molar-refractivity contribution in [3.05, 3.63) is 48.2 Å². The summed E-state index contributed by atoms with van der Waals surface area (Å²) in [6, 6.07) is 10.4. The van der Waals surface area contributed by atoms with Crippen molar-refractivity contribution in [1.29, 1.82) is 0 Å². The molecule has 0 bridgehead atoms. The van der Waals surface area contributed by atoms with E-state index in [0.717, 1.165) is 5.56 Å². The maximum Gasteiger partial charge on any atom is 0.337 e. The summed E-state index contributed by atoms with van der Waals surface area (Å²) in [5.74, 6) is -0.281. The van der Waals surface area contributed by atoms with Crippen molar-refractivity contribution in [3.8, 4) is 17.0 Å². The molecule has 1 aromatic carbocycles. The van der Waals surface area contributed by atoms with Gasteiger partial charge in [0.15, 0.2) is 0 Å². The summed E-state index contributed by atoms with van der Waals surface area (Å²) >= 11 is 0. The van der Waals surface area contributed by atoms with Crippen LogP contribution in [0.4, 0.5) is 0 Å². The second kappa shape index (κ2) is 5.31. The second-order valence-electron chi connectivity index (χ2n) is 3.67. The molecule has 0 amide bonds. The summed E-state index contributed by atoms with van der Waals surface area (Å²) in [6.45, 7) is 2.47. The summed E-state index contributed by atoms with van der Waals surface area (Å²) in [5.41, 5.74) is 1.37. The number of hydrogen-bond acceptors (Lipinski definition) is 3. The Hall–Kier alpha value is -2.36. The quantitative estimate of drug-likeness (QED) is 0.897. The minimum atomic E-state index is -0.986. The Labute approximate surface area is 105 Å². The molecule has 18 heavy (non-hydrogen) atoms. The number of benzene rings is 1. The largest absolute Gasteiger partial charge is 0.494 e. The van der Waals surface area contributed by atoms with E-state index in [1.54, 1.807) is 18.3 Å². The number of aromatic carboxylic acids is 1. The molecule has 1 aromatic heterocycles. The summed E-state index contributed by atoms with van der Waals surface area (Å²) < 4.78 is 5.39. The zero-order chi connectivity index (χ0) is 13.0. The third-order valence-corrected chi connectivity index (χ3v) is 2.46. The number of carbonyl (C=O) groups is 1. The molecule has 0 spiro atoms.